The fourth-order valence-electron chi connectivity index (χ4n) is 4.14. The zero-order valence-corrected chi connectivity index (χ0v) is 13.2. The number of nitrogens with one attached hydrogen (secondary N) is 1. The molecule has 1 heterocycles. The molecule has 2 unspecified atom stereocenters. The van der Waals surface area contributed by atoms with Gasteiger partial charge in [-0.3, -0.25) is 0 Å². The van der Waals surface area contributed by atoms with Gasteiger partial charge in [0.25, 0.3) is 0 Å². The van der Waals surface area contributed by atoms with Crippen molar-refractivity contribution >= 4 is 0 Å². The number of piperidine rings is 1. The molecule has 0 amide bonds. The van der Waals surface area contributed by atoms with E-state index in [1.54, 1.807) is 0 Å². The molecule has 1 aliphatic carbocycles. The van der Waals surface area contributed by atoms with Gasteiger partial charge in [0.2, 0.25) is 0 Å². The zero-order chi connectivity index (χ0) is 13.5. The van der Waals surface area contributed by atoms with Crippen LogP contribution in [0, 0.1) is 5.92 Å². The average Bonchev–Trinajstić information content (AvgIpc) is 2.40. The predicted octanol–water partition coefficient (Wildman–Crippen LogP) is 3.81. The Labute approximate surface area is 120 Å². The molecule has 2 nitrogen and oxygen atoms in total. The van der Waals surface area contributed by atoms with Crippen molar-refractivity contribution in [2.75, 3.05) is 19.6 Å². The largest absolute Gasteiger partial charge is 0.310 e. The molecule has 2 heteroatoms. The SMILES string of the molecule is CCCC1CC(NC2CCCCC2)CN(CCC)C1. The molecule has 0 aromatic heterocycles. The Morgan fingerprint density at radius 2 is 1.74 bits per heavy atom. The van der Waals surface area contributed by atoms with Crippen LogP contribution < -0.4 is 5.32 Å². The summed E-state index contributed by atoms with van der Waals surface area (Å²) in [7, 11) is 0. The van der Waals surface area contributed by atoms with Gasteiger partial charge in [-0.2, -0.15) is 0 Å². The average molecular weight is 266 g/mol. The molecule has 2 rings (SSSR count). The van der Waals surface area contributed by atoms with E-state index in [0.29, 0.717) is 0 Å². The predicted molar refractivity (Wildman–Crippen MR) is 83.5 cm³/mol. The quantitative estimate of drug-likeness (QED) is 0.786. The molecular formula is C17H34N2. The van der Waals surface area contributed by atoms with Crippen LogP contribution in [0.2, 0.25) is 0 Å². The number of nitrogens with zero attached hydrogens (tertiary/aromatic N) is 1. The van der Waals surface area contributed by atoms with Gasteiger partial charge in [0, 0.05) is 25.2 Å². The van der Waals surface area contributed by atoms with Crippen molar-refractivity contribution in [2.24, 2.45) is 5.92 Å². The van der Waals surface area contributed by atoms with E-state index in [4.69, 9.17) is 0 Å². The first kappa shape index (κ1) is 15.3. The van der Waals surface area contributed by atoms with Crippen LogP contribution in [0.5, 0.6) is 0 Å². The Bertz CT molecular complexity index is 221. The minimum absolute atomic E-state index is 0.764. The van der Waals surface area contributed by atoms with Gasteiger partial charge in [0.05, 0.1) is 0 Å². The third kappa shape index (κ3) is 5.07. The fraction of sp³-hybridized carbons (Fsp3) is 1.00. The Hall–Kier alpha value is -0.0800. The zero-order valence-electron chi connectivity index (χ0n) is 13.2. The summed E-state index contributed by atoms with van der Waals surface area (Å²) < 4.78 is 0. The monoisotopic (exact) mass is 266 g/mol. The van der Waals surface area contributed by atoms with Crippen molar-refractivity contribution in [1.29, 1.82) is 0 Å². The standard InChI is InChI=1S/C17H34N2/c1-3-8-15-12-17(14-19(13-15)11-4-2)18-16-9-6-5-7-10-16/h15-18H,3-14H2,1-2H3. The molecule has 0 aromatic carbocycles. The maximum absolute atomic E-state index is 3.99. The Kier molecular flexibility index (Phi) is 6.66. The lowest BCUT2D eigenvalue weighted by Gasteiger charge is -2.40. The van der Waals surface area contributed by atoms with Crippen LogP contribution in [0.1, 0.15) is 71.6 Å². The number of hydrogen-bond acceptors (Lipinski definition) is 2. The molecule has 2 aliphatic rings. The van der Waals surface area contributed by atoms with Crippen molar-refractivity contribution < 1.29 is 0 Å². The van der Waals surface area contributed by atoms with E-state index < -0.39 is 0 Å². The maximum Gasteiger partial charge on any atom is 0.0200 e. The van der Waals surface area contributed by atoms with Gasteiger partial charge in [-0.1, -0.05) is 39.5 Å². The van der Waals surface area contributed by atoms with E-state index in [-0.39, 0.29) is 0 Å². The molecule has 1 saturated heterocycles. The Morgan fingerprint density at radius 1 is 0.947 bits per heavy atom. The van der Waals surface area contributed by atoms with E-state index >= 15 is 0 Å². The second kappa shape index (κ2) is 8.26. The molecule has 2 atom stereocenters. The Balaban J connectivity index is 1.82. The third-order valence-corrected chi connectivity index (χ3v) is 4.93. The summed E-state index contributed by atoms with van der Waals surface area (Å²) >= 11 is 0. The molecule has 0 bridgehead atoms. The first-order valence-electron chi connectivity index (χ1n) is 8.80. The second-order valence-corrected chi connectivity index (χ2v) is 6.85. The smallest absolute Gasteiger partial charge is 0.0200 e. The first-order valence-corrected chi connectivity index (χ1v) is 8.80. The van der Waals surface area contributed by atoms with Crippen LogP contribution >= 0.6 is 0 Å². The normalized spacial score (nSPS) is 30.6. The molecule has 0 spiro atoms. The Morgan fingerprint density at radius 3 is 2.42 bits per heavy atom. The summed E-state index contributed by atoms with van der Waals surface area (Å²) in [5.41, 5.74) is 0. The molecule has 2 fully saturated rings. The lowest BCUT2D eigenvalue weighted by Crippen LogP contribution is -2.52. The van der Waals surface area contributed by atoms with Gasteiger partial charge in [-0.25, -0.2) is 0 Å². The van der Waals surface area contributed by atoms with Gasteiger partial charge >= 0.3 is 0 Å². The molecule has 1 aliphatic heterocycles. The summed E-state index contributed by atoms with van der Waals surface area (Å²) in [5, 5.41) is 3.99. The lowest BCUT2D eigenvalue weighted by molar-refractivity contribution is 0.125. The molecule has 19 heavy (non-hydrogen) atoms. The lowest BCUT2D eigenvalue weighted by atomic mass is 9.88. The van der Waals surface area contributed by atoms with Crippen LogP contribution in [0.15, 0.2) is 0 Å². The van der Waals surface area contributed by atoms with Gasteiger partial charge in [0.1, 0.15) is 0 Å². The van der Waals surface area contributed by atoms with Gasteiger partial charge in [0.15, 0.2) is 0 Å². The first-order chi connectivity index (χ1) is 9.31. The number of rotatable bonds is 6. The highest BCUT2D eigenvalue weighted by molar-refractivity contribution is 4.86. The summed E-state index contributed by atoms with van der Waals surface area (Å²) in [6.07, 6.45) is 12.7. The van der Waals surface area contributed by atoms with Crippen molar-refractivity contribution in [1.82, 2.24) is 10.2 Å². The van der Waals surface area contributed by atoms with Crippen LogP contribution in [0.25, 0.3) is 0 Å². The van der Waals surface area contributed by atoms with Crippen LogP contribution in [-0.2, 0) is 0 Å². The second-order valence-electron chi connectivity index (χ2n) is 6.85. The molecule has 0 aromatic rings. The molecular weight excluding hydrogens is 232 g/mol. The van der Waals surface area contributed by atoms with Crippen LogP contribution in [-0.4, -0.2) is 36.6 Å². The highest BCUT2D eigenvalue weighted by atomic mass is 15.2. The van der Waals surface area contributed by atoms with Crippen LogP contribution in [0.4, 0.5) is 0 Å². The summed E-state index contributed by atoms with van der Waals surface area (Å²) in [6.45, 7) is 8.59. The molecule has 112 valence electrons. The summed E-state index contributed by atoms with van der Waals surface area (Å²) in [6, 6.07) is 1.59. The van der Waals surface area contributed by atoms with E-state index in [9.17, 15) is 0 Å². The van der Waals surface area contributed by atoms with Crippen molar-refractivity contribution in [2.45, 2.75) is 83.7 Å². The van der Waals surface area contributed by atoms with Gasteiger partial charge in [-0.05, 0) is 44.6 Å². The molecule has 1 saturated carbocycles. The minimum atomic E-state index is 0.764. The van der Waals surface area contributed by atoms with Crippen molar-refractivity contribution in [3.05, 3.63) is 0 Å². The van der Waals surface area contributed by atoms with Gasteiger partial charge in [-0.15, -0.1) is 0 Å². The van der Waals surface area contributed by atoms with E-state index in [2.05, 4.69) is 24.1 Å². The molecule has 0 radical (unpaired) electrons. The number of hydrogen-bond donors (Lipinski definition) is 1. The summed E-state index contributed by atoms with van der Waals surface area (Å²) in [5.74, 6) is 0.936. The van der Waals surface area contributed by atoms with E-state index in [0.717, 1.165) is 18.0 Å². The number of likely N-dealkylation sites (tertiary alicyclic amines) is 1. The molecule has 1 N–H and O–H groups in total. The minimum Gasteiger partial charge on any atom is -0.310 e. The fourth-order valence-corrected chi connectivity index (χ4v) is 4.14. The third-order valence-electron chi connectivity index (χ3n) is 4.93. The van der Waals surface area contributed by atoms with Crippen molar-refractivity contribution in [3.63, 3.8) is 0 Å². The highest BCUT2D eigenvalue weighted by Crippen LogP contribution is 2.24. The van der Waals surface area contributed by atoms with Crippen molar-refractivity contribution in [3.8, 4) is 0 Å². The highest BCUT2D eigenvalue weighted by Gasteiger charge is 2.28. The van der Waals surface area contributed by atoms with E-state index in [1.165, 1.54) is 77.4 Å². The van der Waals surface area contributed by atoms with Crippen LogP contribution in [0.3, 0.4) is 0 Å². The van der Waals surface area contributed by atoms with E-state index in [1.807, 2.05) is 0 Å². The summed E-state index contributed by atoms with van der Waals surface area (Å²) in [4.78, 5) is 2.71. The maximum atomic E-state index is 3.99. The topological polar surface area (TPSA) is 15.3 Å². The van der Waals surface area contributed by atoms with Gasteiger partial charge < -0.3 is 10.2 Å².